The normalized spacial score (nSPS) is 17.3. The lowest BCUT2D eigenvalue weighted by molar-refractivity contribution is 0.718. The summed E-state index contributed by atoms with van der Waals surface area (Å²) >= 11 is 0. The van der Waals surface area contributed by atoms with Crippen molar-refractivity contribution in [2.75, 3.05) is 0 Å². The Bertz CT molecular complexity index is 1780. The van der Waals surface area contributed by atoms with Crippen LogP contribution in [0.5, 0.6) is 0 Å². The molecule has 8 rings (SSSR count). The van der Waals surface area contributed by atoms with Gasteiger partial charge in [-0.3, -0.25) is 0 Å². The van der Waals surface area contributed by atoms with E-state index in [1.165, 1.54) is 56.0 Å². The maximum Gasteiger partial charge on any atom is 0.0537 e. The summed E-state index contributed by atoms with van der Waals surface area (Å²) in [4.78, 5) is 0. The zero-order valence-corrected chi connectivity index (χ0v) is 22.4. The molecule has 5 aromatic rings. The molecule has 2 nitrogen and oxygen atoms in total. The third kappa shape index (κ3) is 3.55. The van der Waals surface area contributed by atoms with Crippen LogP contribution in [0.15, 0.2) is 91.0 Å². The van der Waals surface area contributed by atoms with E-state index in [0.717, 1.165) is 32.1 Å². The van der Waals surface area contributed by atoms with Crippen molar-refractivity contribution in [3.63, 3.8) is 0 Å². The highest BCUT2D eigenvalue weighted by molar-refractivity contribution is 5.91. The van der Waals surface area contributed by atoms with Gasteiger partial charge in [0, 0.05) is 33.8 Å². The fraction of sp³-hybridized carbons (Fsp3) is 0.189. The number of hydrogen-bond acceptors (Lipinski definition) is 0. The van der Waals surface area contributed by atoms with Crippen molar-refractivity contribution in [3.8, 4) is 22.5 Å². The van der Waals surface area contributed by atoms with E-state index in [1.54, 1.807) is 11.1 Å². The summed E-state index contributed by atoms with van der Waals surface area (Å²) in [6.07, 6.45) is 19.7. The van der Waals surface area contributed by atoms with Gasteiger partial charge in [-0.15, -0.1) is 0 Å². The van der Waals surface area contributed by atoms with Gasteiger partial charge in [-0.1, -0.05) is 67.6 Å². The van der Waals surface area contributed by atoms with Crippen LogP contribution < -0.4 is 0 Å². The molecule has 0 aliphatic heterocycles. The molecule has 1 atom stereocenters. The molecule has 2 aromatic heterocycles. The summed E-state index contributed by atoms with van der Waals surface area (Å²) in [5.74, 6) is 0.580. The molecule has 0 bridgehead atoms. The van der Waals surface area contributed by atoms with Gasteiger partial charge in [0.1, 0.15) is 0 Å². The highest BCUT2D eigenvalue weighted by Crippen LogP contribution is 2.37. The first-order valence-electron chi connectivity index (χ1n) is 14.4. The van der Waals surface area contributed by atoms with Crippen molar-refractivity contribution in [1.29, 1.82) is 0 Å². The summed E-state index contributed by atoms with van der Waals surface area (Å²) in [6, 6.07) is 27.1. The minimum Gasteiger partial charge on any atom is -0.310 e. The number of para-hydroxylation sites is 1. The van der Waals surface area contributed by atoms with Gasteiger partial charge >= 0.3 is 0 Å². The summed E-state index contributed by atoms with van der Waals surface area (Å²) < 4.78 is 4.90. The molecule has 0 N–H and O–H groups in total. The SMILES string of the molecule is CC1C=Cc2c(c3ccccc3n2-c2ccc(-c3ccc(-n4c5c(c6c4C=CCC6)CCC=C5)cc3)cc2)C1. The second kappa shape index (κ2) is 8.88. The van der Waals surface area contributed by atoms with Crippen molar-refractivity contribution in [3.05, 3.63) is 125 Å². The Kier molecular flexibility index (Phi) is 5.16. The molecular formula is C37H32N2. The van der Waals surface area contributed by atoms with Crippen LogP contribution in [0.2, 0.25) is 0 Å². The number of hydrogen-bond donors (Lipinski definition) is 0. The number of aromatic nitrogens is 2. The second-order valence-electron chi connectivity index (χ2n) is 11.3. The van der Waals surface area contributed by atoms with Crippen LogP contribution in [0.3, 0.4) is 0 Å². The lowest BCUT2D eigenvalue weighted by Crippen LogP contribution is -2.05. The first-order chi connectivity index (χ1) is 19.3. The average Bonchev–Trinajstić information content (AvgIpc) is 3.50. The van der Waals surface area contributed by atoms with Crippen LogP contribution >= 0.6 is 0 Å². The van der Waals surface area contributed by atoms with Crippen molar-refractivity contribution in [2.45, 2.75) is 39.0 Å². The van der Waals surface area contributed by atoms with E-state index in [4.69, 9.17) is 0 Å². The predicted octanol–water partition coefficient (Wildman–Crippen LogP) is 9.21. The lowest BCUT2D eigenvalue weighted by Gasteiger charge is -2.16. The molecular weight excluding hydrogens is 472 g/mol. The topological polar surface area (TPSA) is 9.86 Å². The van der Waals surface area contributed by atoms with Crippen molar-refractivity contribution in [1.82, 2.24) is 9.13 Å². The molecule has 2 heteroatoms. The Hall–Kier alpha value is -4.30. The van der Waals surface area contributed by atoms with Gasteiger partial charge in [-0.2, -0.15) is 0 Å². The molecule has 0 radical (unpaired) electrons. The third-order valence-electron chi connectivity index (χ3n) is 8.85. The highest BCUT2D eigenvalue weighted by Gasteiger charge is 2.23. The van der Waals surface area contributed by atoms with Crippen LogP contribution in [0, 0.1) is 5.92 Å². The molecule has 1 unspecified atom stereocenters. The van der Waals surface area contributed by atoms with Crippen molar-refractivity contribution < 1.29 is 0 Å². The van der Waals surface area contributed by atoms with Gasteiger partial charge in [0.2, 0.25) is 0 Å². The monoisotopic (exact) mass is 504 g/mol. The van der Waals surface area contributed by atoms with E-state index in [0.29, 0.717) is 5.92 Å². The molecule has 3 aliphatic carbocycles. The van der Waals surface area contributed by atoms with E-state index in [2.05, 4.69) is 125 Å². The summed E-state index contributed by atoms with van der Waals surface area (Å²) in [5, 5.41) is 1.38. The minimum atomic E-state index is 0.580. The smallest absolute Gasteiger partial charge is 0.0537 e. The molecule has 3 aromatic carbocycles. The molecule has 0 fully saturated rings. The van der Waals surface area contributed by atoms with Gasteiger partial charge in [0.15, 0.2) is 0 Å². The fourth-order valence-corrected chi connectivity index (χ4v) is 6.99. The fourth-order valence-electron chi connectivity index (χ4n) is 6.99. The summed E-state index contributed by atoms with van der Waals surface area (Å²) in [7, 11) is 0. The van der Waals surface area contributed by atoms with Crippen LogP contribution in [0.25, 0.3) is 51.6 Å². The van der Waals surface area contributed by atoms with Gasteiger partial charge in [-0.25, -0.2) is 0 Å². The first kappa shape index (κ1) is 22.7. The zero-order chi connectivity index (χ0) is 25.9. The van der Waals surface area contributed by atoms with Crippen LogP contribution in [-0.2, 0) is 19.3 Å². The second-order valence-corrected chi connectivity index (χ2v) is 11.3. The predicted molar refractivity (Wildman–Crippen MR) is 165 cm³/mol. The Morgan fingerprint density at radius 2 is 1.15 bits per heavy atom. The Labute approximate surface area is 230 Å². The van der Waals surface area contributed by atoms with E-state index < -0.39 is 0 Å². The van der Waals surface area contributed by atoms with Crippen LogP contribution in [0.4, 0.5) is 0 Å². The number of fused-ring (bicyclic) bond motifs is 6. The van der Waals surface area contributed by atoms with Crippen molar-refractivity contribution >= 4 is 29.1 Å². The lowest BCUT2D eigenvalue weighted by atomic mass is 9.93. The maximum atomic E-state index is 2.47. The number of benzene rings is 3. The van der Waals surface area contributed by atoms with E-state index >= 15 is 0 Å². The van der Waals surface area contributed by atoms with Gasteiger partial charge in [0.05, 0.1) is 5.52 Å². The molecule has 0 spiro atoms. The average molecular weight is 505 g/mol. The molecule has 190 valence electrons. The summed E-state index contributed by atoms with van der Waals surface area (Å²) in [6.45, 7) is 2.30. The molecule has 2 heterocycles. The minimum absolute atomic E-state index is 0.580. The molecule has 39 heavy (non-hydrogen) atoms. The van der Waals surface area contributed by atoms with Gasteiger partial charge in [-0.05, 0) is 114 Å². The van der Waals surface area contributed by atoms with E-state index in [-0.39, 0.29) is 0 Å². The standard InChI is InChI=1S/C37H32N2/c1-25-14-23-37-33(24-25)32-10-4-7-13-36(32)39(37)29-21-17-27(18-22-29)26-15-19-28(20-16-26)38-34-11-5-2-8-30(34)31-9-3-6-12-35(31)38/h4-7,10-23,25H,2-3,8-9,24H2,1H3. The van der Waals surface area contributed by atoms with Crippen molar-refractivity contribution in [2.24, 2.45) is 5.92 Å². The van der Waals surface area contributed by atoms with E-state index in [9.17, 15) is 0 Å². The largest absolute Gasteiger partial charge is 0.310 e. The third-order valence-corrected chi connectivity index (χ3v) is 8.85. The Morgan fingerprint density at radius 1 is 0.590 bits per heavy atom. The highest BCUT2D eigenvalue weighted by atomic mass is 15.0. The number of allylic oxidation sites excluding steroid dienone is 3. The quantitative estimate of drug-likeness (QED) is 0.232. The molecule has 0 amide bonds. The Morgan fingerprint density at radius 3 is 1.79 bits per heavy atom. The molecule has 0 saturated heterocycles. The Balaban J connectivity index is 1.15. The number of rotatable bonds is 3. The number of nitrogens with zero attached hydrogens (tertiary/aromatic N) is 2. The van der Waals surface area contributed by atoms with Crippen LogP contribution in [-0.4, -0.2) is 9.13 Å². The molecule has 3 aliphatic rings. The van der Waals surface area contributed by atoms with Gasteiger partial charge in [0.25, 0.3) is 0 Å². The van der Waals surface area contributed by atoms with E-state index in [1.807, 2.05) is 0 Å². The zero-order valence-electron chi connectivity index (χ0n) is 22.4. The first-order valence-corrected chi connectivity index (χ1v) is 14.4. The maximum absolute atomic E-state index is 2.47. The summed E-state index contributed by atoms with van der Waals surface area (Å²) in [5.41, 5.74) is 14.9. The van der Waals surface area contributed by atoms with Gasteiger partial charge < -0.3 is 9.13 Å². The van der Waals surface area contributed by atoms with Crippen LogP contribution in [0.1, 0.15) is 53.5 Å². The molecule has 0 saturated carbocycles.